The van der Waals surface area contributed by atoms with Crippen LogP contribution in [-0.4, -0.2) is 16.3 Å². The standard InChI is InChI=1S/C11H11BrO2S/c12-8-3-1-2-4-10(8)15-9-6-5-7(9)11(13)14/h1-4,7,9H,5-6H2,(H,13,14). The van der Waals surface area contributed by atoms with Crippen molar-refractivity contribution in [2.45, 2.75) is 23.0 Å². The molecule has 1 fully saturated rings. The van der Waals surface area contributed by atoms with Crippen LogP contribution in [-0.2, 0) is 4.79 Å². The molecular weight excluding hydrogens is 276 g/mol. The highest BCUT2D eigenvalue weighted by Gasteiger charge is 2.37. The van der Waals surface area contributed by atoms with Crippen LogP contribution < -0.4 is 0 Å². The molecule has 1 aromatic rings. The summed E-state index contributed by atoms with van der Waals surface area (Å²) in [6.07, 6.45) is 1.82. The molecule has 0 bridgehead atoms. The Labute approximate surface area is 101 Å². The number of thioether (sulfide) groups is 1. The number of carboxylic acid groups (broad SMARTS) is 1. The Morgan fingerprint density at radius 3 is 2.67 bits per heavy atom. The van der Waals surface area contributed by atoms with Crippen molar-refractivity contribution < 1.29 is 9.90 Å². The van der Waals surface area contributed by atoms with Crippen molar-refractivity contribution in [3.05, 3.63) is 28.7 Å². The summed E-state index contributed by atoms with van der Waals surface area (Å²) in [6, 6.07) is 7.94. The van der Waals surface area contributed by atoms with Crippen LogP contribution in [0.25, 0.3) is 0 Å². The highest BCUT2D eigenvalue weighted by atomic mass is 79.9. The highest BCUT2D eigenvalue weighted by Crippen LogP contribution is 2.43. The Morgan fingerprint density at radius 2 is 2.13 bits per heavy atom. The predicted octanol–water partition coefficient (Wildman–Crippen LogP) is 3.40. The number of halogens is 1. The number of hydrogen-bond donors (Lipinski definition) is 1. The summed E-state index contributed by atoms with van der Waals surface area (Å²) in [4.78, 5) is 12.0. The van der Waals surface area contributed by atoms with Gasteiger partial charge in [-0.15, -0.1) is 11.8 Å². The molecule has 4 heteroatoms. The van der Waals surface area contributed by atoms with Crippen LogP contribution in [0.5, 0.6) is 0 Å². The van der Waals surface area contributed by atoms with Gasteiger partial charge in [0, 0.05) is 14.6 Å². The largest absolute Gasteiger partial charge is 0.481 e. The van der Waals surface area contributed by atoms with E-state index in [1.54, 1.807) is 11.8 Å². The summed E-state index contributed by atoms with van der Waals surface area (Å²) in [6.45, 7) is 0. The fraction of sp³-hybridized carbons (Fsp3) is 0.364. The first-order valence-corrected chi connectivity index (χ1v) is 6.50. The van der Waals surface area contributed by atoms with Gasteiger partial charge >= 0.3 is 5.97 Å². The molecule has 2 atom stereocenters. The van der Waals surface area contributed by atoms with Crippen LogP contribution >= 0.6 is 27.7 Å². The minimum absolute atomic E-state index is 0.165. The lowest BCUT2D eigenvalue weighted by molar-refractivity contribution is -0.144. The van der Waals surface area contributed by atoms with E-state index < -0.39 is 5.97 Å². The number of aliphatic carboxylic acids is 1. The Morgan fingerprint density at radius 1 is 1.40 bits per heavy atom. The lowest BCUT2D eigenvalue weighted by Crippen LogP contribution is -2.35. The molecule has 0 aromatic heterocycles. The van der Waals surface area contributed by atoms with Crippen LogP contribution in [0.3, 0.4) is 0 Å². The average molecular weight is 287 g/mol. The Kier molecular flexibility index (Phi) is 3.36. The van der Waals surface area contributed by atoms with Crippen molar-refractivity contribution >= 4 is 33.7 Å². The summed E-state index contributed by atoms with van der Waals surface area (Å²) in [7, 11) is 0. The van der Waals surface area contributed by atoms with Gasteiger partial charge in [0.2, 0.25) is 0 Å². The van der Waals surface area contributed by atoms with Crippen molar-refractivity contribution in [2.75, 3.05) is 0 Å². The van der Waals surface area contributed by atoms with E-state index in [2.05, 4.69) is 15.9 Å². The Bertz CT molecular complexity index is 381. The molecule has 1 aliphatic rings. The maximum Gasteiger partial charge on any atom is 0.307 e. The second-order valence-corrected chi connectivity index (χ2v) is 5.74. The van der Waals surface area contributed by atoms with Gasteiger partial charge in [0.25, 0.3) is 0 Å². The van der Waals surface area contributed by atoms with E-state index in [0.717, 1.165) is 22.2 Å². The van der Waals surface area contributed by atoms with Crippen LogP contribution in [0.15, 0.2) is 33.6 Å². The Balaban J connectivity index is 2.04. The summed E-state index contributed by atoms with van der Waals surface area (Å²) in [5, 5.41) is 9.16. The molecule has 2 rings (SSSR count). The molecule has 0 saturated heterocycles. The second kappa shape index (κ2) is 4.58. The SMILES string of the molecule is O=C(O)C1CCC1Sc1ccccc1Br. The first kappa shape index (κ1) is 11.0. The van der Waals surface area contributed by atoms with E-state index >= 15 is 0 Å². The quantitative estimate of drug-likeness (QED) is 0.925. The predicted molar refractivity (Wildman–Crippen MR) is 64.1 cm³/mol. The summed E-state index contributed by atoms with van der Waals surface area (Å²) >= 11 is 5.13. The zero-order valence-electron chi connectivity index (χ0n) is 8.02. The van der Waals surface area contributed by atoms with Gasteiger partial charge in [0.05, 0.1) is 5.92 Å². The number of rotatable bonds is 3. The molecule has 2 nitrogen and oxygen atoms in total. The third-order valence-corrected chi connectivity index (χ3v) is 5.07. The first-order valence-electron chi connectivity index (χ1n) is 4.82. The third kappa shape index (κ3) is 2.37. The van der Waals surface area contributed by atoms with Gasteiger partial charge in [-0.2, -0.15) is 0 Å². The van der Waals surface area contributed by atoms with Gasteiger partial charge in [0.1, 0.15) is 0 Å². The van der Waals surface area contributed by atoms with Crippen molar-refractivity contribution in [3.63, 3.8) is 0 Å². The fourth-order valence-electron chi connectivity index (χ4n) is 1.60. The van der Waals surface area contributed by atoms with E-state index in [1.807, 2.05) is 24.3 Å². The zero-order valence-corrected chi connectivity index (χ0v) is 10.4. The first-order chi connectivity index (χ1) is 7.18. The fourth-order valence-corrected chi connectivity index (χ4v) is 3.50. The zero-order chi connectivity index (χ0) is 10.8. The third-order valence-electron chi connectivity index (χ3n) is 2.64. The van der Waals surface area contributed by atoms with Gasteiger partial charge in [-0.25, -0.2) is 0 Å². The summed E-state index contributed by atoms with van der Waals surface area (Å²) in [5.74, 6) is -0.826. The lowest BCUT2D eigenvalue weighted by Gasteiger charge is -2.32. The normalized spacial score (nSPS) is 24.6. The van der Waals surface area contributed by atoms with Gasteiger partial charge < -0.3 is 5.11 Å². The van der Waals surface area contributed by atoms with E-state index in [4.69, 9.17) is 5.11 Å². The lowest BCUT2D eigenvalue weighted by atomic mass is 9.85. The van der Waals surface area contributed by atoms with Crippen molar-refractivity contribution in [1.29, 1.82) is 0 Å². The van der Waals surface area contributed by atoms with Gasteiger partial charge in [-0.3, -0.25) is 4.79 Å². The molecule has 0 amide bonds. The van der Waals surface area contributed by atoms with Gasteiger partial charge in [-0.05, 0) is 40.9 Å². The molecule has 1 saturated carbocycles. The summed E-state index contributed by atoms with van der Waals surface area (Å²) in [5.41, 5.74) is 0. The maximum atomic E-state index is 10.8. The van der Waals surface area contributed by atoms with Crippen LogP contribution in [0.2, 0.25) is 0 Å². The summed E-state index contributed by atoms with van der Waals surface area (Å²) < 4.78 is 1.05. The van der Waals surface area contributed by atoms with E-state index in [9.17, 15) is 4.79 Å². The van der Waals surface area contributed by atoms with E-state index in [0.29, 0.717) is 0 Å². The van der Waals surface area contributed by atoms with Gasteiger partial charge in [-0.1, -0.05) is 12.1 Å². The molecule has 1 aliphatic carbocycles. The number of benzene rings is 1. The van der Waals surface area contributed by atoms with Crippen LogP contribution in [0.4, 0.5) is 0 Å². The maximum absolute atomic E-state index is 10.8. The molecule has 0 spiro atoms. The Hall–Kier alpha value is -0.480. The molecule has 0 heterocycles. The van der Waals surface area contributed by atoms with Crippen molar-refractivity contribution in [2.24, 2.45) is 5.92 Å². The number of hydrogen-bond acceptors (Lipinski definition) is 2. The molecule has 1 N–H and O–H groups in total. The van der Waals surface area contributed by atoms with Crippen LogP contribution in [0, 0.1) is 5.92 Å². The molecule has 15 heavy (non-hydrogen) atoms. The van der Waals surface area contributed by atoms with E-state index in [1.165, 1.54) is 0 Å². The van der Waals surface area contributed by atoms with Gasteiger partial charge in [0.15, 0.2) is 0 Å². The topological polar surface area (TPSA) is 37.3 Å². The molecule has 0 radical (unpaired) electrons. The monoisotopic (exact) mass is 286 g/mol. The molecule has 0 aliphatic heterocycles. The molecular formula is C11H11BrO2S. The minimum Gasteiger partial charge on any atom is -0.481 e. The van der Waals surface area contributed by atoms with Crippen molar-refractivity contribution in [3.8, 4) is 0 Å². The van der Waals surface area contributed by atoms with Crippen LogP contribution in [0.1, 0.15) is 12.8 Å². The minimum atomic E-state index is -0.661. The highest BCUT2D eigenvalue weighted by molar-refractivity contribution is 9.10. The molecule has 2 unspecified atom stereocenters. The van der Waals surface area contributed by atoms with Crippen molar-refractivity contribution in [1.82, 2.24) is 0 Å². The number of carboxylic acids is 1. The average Bonchev–Trinajstić information content (AvgIpc) is 2.13. The second-order valence-electron chi connectivity index (χ2n) is 3.61. The van der Waals surface area contributed by atoms with E-state index in [-0.39, 0.29) is 11.2 Å². The smallest absolute Gasteiger partial charge is 0.307 e. The molecule has 1 aromatic carbocycles. The molecule has 80 valence electrons. The number of carbonyl (C=O) groups is 1.